The summed E-state index contributed by atoms with van der Waals surface area (Å²) in [4.78, 5) is 2.62. The first-order chi connectivity index (χ1) is 7.77. The van der Waals surface area contributed by atoms with Crippen LogP contribution >= 0.6 is 0 Å². The first-order valence-corrected chi connectivity index (χ1v) is 4.84. The maximum atomic E-state index is 13.2. The average Bonchev–Trinajstić information content (AvgIpc) is 2.29. The third-order valence-corrected chi connectivity index (χ3v) is 2.02. The molecule has 5 heteroatoms. The third kappa shape index (κ3) is 3.73. The quantitative estimate of drug-likeness (QED) is 0.353. The molecule has 0 aliphatic rings. The first-order valence-electron chi connectivity index (χ1n) is 4.84. The van der Waals surface area contributed by atoms with Crippen molar-refractivity contribution in [2.75, 3.05) is 6.54 Å². The summed E-state index contributed by atoms with van der Waals surface area (Å²) in [5, 5.41) is 12.1. The van der Waals surface area contributed by atoms with Gasteiger partial charge in [-0.3, -0.25) is 0 Å². The summed E-state index contributed by atoms with van der Waals surface area (Å²) in [6, 6.07) is 4.62. The molecule has 0 saturated carbocycles. The van der Waals surface area contributed by atoms with Crippen LogP contribution in [0.1, 0.15) is 17.5 Å². The van der Waals surface area contributed by atoms with Crippen molar-refractivity contribution < 1.29 is 9.50 Å². The second-order valence-corrected chi connectivity index (χ2v) is 3.15. The number of hydrogen-bond donors (Lipinski definition) is 1. The largest absolute Gasteiger partial charge is 0.392 e. The fourth-order valence-electron chi connectivity index (χ4n) is 1.19. The van der Waals surface area contributed by atoms with Gasteiger partial charge in [0.2, 0.25) is 0 Å². The van der Waals surface area contributed by atoms with Crippen molar-refractivity contribution in [1.29, 1.82) is 0 Å². The predicted molar refractivity (Wildman–Crippen MR) is 60.0 cm³/mol. The molecule has 0 amide bonds. The van der Waals surface area contributed by atoms with Gasteiger partial charge in [-0.25, -0.2) is 4.39 Å². The molecule has 0 saturated heterocycles. The maximum Gasteiger partial charge on any atom is 0.129 e. The zero-order chi connectivity index (χ0) is 11.8. The van der Waals surface area contributed by atoms with Gasteiger partial charge in [0.25, 0.3) is 0 Å². The van der Waals surface area contributed by atoms with Gasteiger partial charge in [-0.15, -0.1) is 0 Å². The lowest BCUT2D eigenvalue weighted by molar-refractivity contribution is 0.275. The van der Waals surface area contributed by atoms with E-state index in [0.717, 1.165) is 5.56 Å². The molecular weight excluding hydrogens is 209 g/mol. The minimum Gasteiger partial charge on any atom is -0.392 e. The fraction of sp³-hybridized carbons (Fsp3) is 0.273. The van der Waals surface area contributed by atoms with E-state index in [1.807, 2.05) is 6.08 Å². The van der Waals surface area contributed by atoms with E-state index in [2.05, 4.69) is 10.0 Å². The summed E-state index contributed by atoms with van der Waals surface area (Å²) in [5.41, 5.74) is 9.04. The highest BCUT2D eigenvalue weighted by Crippen LogP contribution is 2.11. The Morgan fingerprint density at radius 1 is 1.50 bits per heavy atom. The number of hydrogen-bond acceptors (Lipinski definition) is 2. The lowest BCUT2D eigenvalue weighted by Crippen LogP contribution is -1.89. The standard InChI is InChI=1S/C11H12FN3O/c12-11-7-9(4-5-10(11)8-16)3-1-2-6-14-15-13/h1,3-5,7,16H,2,6,8H2. The van der Waals surface area contributed by atoms with Crippen LogP contribution in [0.15, 0.2) is 29.4 Å². The van der Waals surface area contributed by atoms with Gasteiger partial charge in [-0.2, -0.15) is 0 Å². The normalized spacial score (nSPS) is 10.4. The van der Waals surface area contributed by atoms with E-state index >= 15 is 0 Å². The van der Waals surface area contributed by atoms with Crippen molar-refractivity contribution >= 4 is 6.08 Å². The third-order valence-electron chi connectivity index (χ3n) is 2.02. The number of benzene rings is 1. The molecule has 84 valence electrons. The molecule has 16 heavy (non-hydrogen) atoms. The molecular formula is C11H12FN3O. The van der Waals surface area contributed by atoms with Gasteiger partial charge >= 0.3 is 0 Å². The molecule has 0 bridgehead atoms. The molecule has 0 aliphatic carbocycles. The molecule has 0 atom stereocenters. The van der Waals surface area contributed by atoms with Crippen LogP contribution in [-0.4, -0.2) is 11.7 Å². The van der Waals surface area contributed by atoms with Crippen LogP contribution in [0.5, 0.6) is 0 Å². The van der Waals surface area contributed by atoms with Crippen molar-refractivity contribution in [2.24, 2.45) is 5.11 Å². The average molecular weight is 221 g/mol. The van der Waals surface area contributed by atoms with Crippen molar-refractivity contribution in [3.8, 4) is 0 Å². The molecule has 0 aromatic heterocycles. The fourth-order valence-corrected chi connectivity index (χ4v) is 1.19. The topological polar surface area (TPSA) is 69.0 Å². The Morgan fingerprint density at radius 2 is 2.31 bits per heavy atom. The Bertz CT molecular complexity index is 425. The molecule has 1 aromatic carbocycles. The van der Waals surface area contributed by atoms with Gasteiger partial charge in [0.15, 0.2) is 0 Å². The summed E-state index contributed by atoms with van der Waals surface area (Å²) in [5.74, 6) is -0.417. The number of azide groups is 1. The Balaban J connectivity index is 2.60. The van der Waals surface area contributed by atoms with E-state index in [0.29, 0.717) is 13.0 Å². The summed E-state index contributed by atoms with van der Waals surface area (Å²) in [6.45, 7) is 0.0942. The van der Waals surface area contributed by atoms with E-state index in [1.165, 1.54) is 6.07 Å². The van der Waals surface area contributed by atoms with Crippen LogP contribution in [-0.2, 0) is 6.61 Å². The SMILES string of the molecule is [N-]=[N+]=NCCC=Cc1ccc(CO)c(F)c1. The van der Waals surface area contributed by atoms with Gasteiger partial charge in [0.05, 0.1) is 6.61 Å². The highest BCUT2D eigenvalue weighted by atomic mass is 19.1. The van der Waals surface area contributed by atoms with Gasteiger partial charge in [-0.05, 0) is 23.6 Å². The van der Waals surface area contributed by atoms with Crippen LogP contribution in [0, 0.1) is 5.82 Å². The van der Waals surface area contributed by atoms with Gasteiger partial charge in [0.1, 0.15) is 5.82 Å². The molecule has 1 aromatic rings. The van der Waals surface area contributed by atoms with Crippen LogP contribution in [0.4, 0.5) is 4.39 Å². The molecule has 0 radical (unpaired) electrons. The number of nitrogens with zero attached hydrogens (tertiary/aromatic N) is 3. The van der Waals surface area contributed by atoms with Crippen molar-refractivity contribution in [2.45, 2.75) is 13.0 Å². The van der Waals surface area contributed by atoms with Crippen LogP contribution in [0.2, 0.25) is 0 Å². The predicted octanol–water partition coefficient (Wildman–Crippen LogP) is 3.03. The number of aliphatic hydroxyl groups is 1. The second kappa shape index (κ2) is 6.61. The van der Waals surface area contributed by atoms with Crippen LogP contribution < -0.4 is 0 Å². The Kier molecular flexibility index (Phi) is 5.05. The monoisotopic (exact) mass is 221 g/mol. The number of aliphatic hydroxyl groups excluding tert-OH is 1. The summed E-state index contributed by atoms with van der Waals surface area (Å²) < 4.78 is 13.2. The van der Waals surface area contributed by atoms with Crippen molar-refractivity contribution in [1.82, 2.24) is 0 Å². The van der Waals surface area contributed by atoms with Gasteiger partial charge in [-0.1, -0.05) is 29.4 Å². The number of halogens is 1. The first kappa shape index (κ1) is 12.2. The smallest absolute Gasteiger partial charge is 0.129 e. The van der Waals surface area contributed by atoms with Crippen LogP contribution in [0.25, 0.3) is 16.5 Å². The van der Waals surface area contributed by atoms with Crippen molar-refractivity contribution in [3.63, 3.8) is 0 Å². The van der Waals surface area contributed by atoms with Gasteiger partial charge in [0, 0.05) is 17.0 Å². The van der Waals surface area contributed by atoms with Crippen molar-refractivity contribution in [3.05, 3.63) is 51.7 Å². The second-order valence-electron chi connectivity index (χ2n) is 3.15. The molecule has 1 rings (SSSR count). The molecule has 1 N–H and O–H groups in total. The Morgan fingerprint density at radius 3 is 2.94 bits per heavy atom. The number of rotatable bonds is 5. The zero-order valence-electron chi connectivity index (χ0n) is 8.67. The van der Waals surface area contributed by atoms with Gasteiger partial charge < -0.3 is 5.11 Å². The highest BCUT2D eigenvalue weighted by Gasteiger charge is 1.99. The Hall–Kier alpha value is -1.84. The minimum atomic E-state index is -0.417. The maximum absolute atomic E-state index is 13.2. The van der Waals surface area contributed by atoms with Crippen LogP contribution in [0.3, 0.4) is 0 Å². The van der Waals surface area contributed by atoms with E-state index in [4.69, 9.17) is 10.6 Å². The summed E-state index contributed by atoms with van der Waals surface area (Å²) in [7, 11) is 0. The molecule has 0 unspecified atom stereocenters. The lowest BCUT2D eigenvalue weighted by Gasteiger charge is -1.99. The zero-order valence-corrected chi connectivity index (χ0v) is 8.67. The van der Waals surface area contributed by atoms with E-state index in [-0.39, 0.29) is 12.2 Å². The Labute approximate surface area is 92.7 Å². The molecule has 4 nitrogen and oxygen atoms in total. The van der Waals surface area contributed by atoms with E-state index < -0.39 is 5.82 Å². The highest BCUT2D eigenvalue weighted by molar-refractivity contribution is 5.49. The van der Waals surface area contributed by atoms with E-state index in [1.54, 1.807) is 18.2 Å². The lowest BCUT2D eigenvalue weighted by atomic mass is 10.1. The van der Waals surface area contributed by atoms with E-state index in [9.17, 15) is 4.39 Å². The molecule has 0 aliphatic heterocycles. The summed E-state index contributed by atoms with van der Waals surface area (Å²) >= 11 is 0. The molecule has 0 fully saturated rings. The molecule has 0 spiro atoms. The molecule has 0 heterocycles. The minimum absolute atomic E-state index is 0.284. The summed E-state index contributed by atoms with van der Waals surface area (Å²) in [6.07, 6.45) is 4.17.